The number of anilines is 3. The molecule has 0 radical (unpaired) electrons. The van der Waals surface area contributed by atoms with E-state index in [4.69, 9.17) is 10.8 Å². The molecule has 0 bridgehead atoms. The zero-order chi connectivity index (χ0) is 16.3. The van der Waals surface area contributed by atoms with Gasteiger partial charge >= 0.3 is 6.09 Å². The largest absolute Gasteiger partial charge is 0.465 e. The molecule has 22 heavy (non-hydrogen) atoms. The normalized spacial score (nSPS) is 17.3. The van der Waals surface area contributed by atoms with Crippen molar-refractivity contribution >= 4 is 28.8 Å². The number of nitrogens with one attached hydrogen (secondary N) is 2. The van der Waals surface area contributed by atoms with Crippen LogP contribution in [0.5, 0.6) is 0 Å². The Balaban J connectivity index is 2.40. The maximum Gasteiger partial charge on any atom is 0.404 e. The Morgan fingerprint density at radius 1 is 1.59 bits per heavy atom. The van der Waals surface area contributed by atoms with Crippen molar-refractivity contribution in [1.82, 2.24) is 5.32 Å². The van der Waals surface area contributed by atoms with Crippen molar-refractivity contribution in [2.45, 2.75) is 18.9 Å². The van der Waals surface area contributed by atoms with Gasteiger partial charge in [-0.1, -0.05) is 0 Å². The highest BCUT2D eigenvalue weighted by Crippen LogP contribution is 2.41. The molecule has 1 heterocycles. The number of carboxylic acid groups (broad SMARTS) is 1. The molecule has 1 aromatic rings. The van der Waals surface area contributed by atoms with Crippen LogP contribution in [0.4, 0.5) is 27.5 Å². The van der Waals surface area contributed by atoms with E-state index in [1.54, 1.807) is 13.1 Å². The van der Waals surface area contributed by atoms with Gasteiger partial charge < -0.3 is 26.4 Å². The summed E-state index contributed by atoms with van der Waals surface area (Å²) >= 11 is 0. The third-order valence-corrected chi connectivity index (χ3v) is 3.82. The van der Waals surface area contributed by atoms with E-state index in [1.807, 2.05) is 4.90 Å². The Bertz CT molecular complexity index is 592. The first kappa shape index (κ1) is 15.7. The number of rotatable bonds is 5. The molecule has 1 amide bonds. The fourth-order valence-corrected chi connectivity index (χ4v) is 2.81. The van der Waals surface area contributed by atoms with Crippen LogP contribution in [0.2, 0.25) is 0 Å². The summed E-state index contributed by atoms with van der Waals surface area (Å²) in [7, 11) is 1.69. The van der Waals surface area contributed by atoms with E-state index in [0.29, 0.717) is 23.6 Å². The number of benzene rings is 1. The number of hydrogen-bond acceptors (Lipinski definition) is 6. The number of amides is 1. The Kier molecular flexibility index (Phi) is 4.54. The van der Waals surface area contributed by atoms with Crippen LogP contribution in [-0.4, -0.2) is 42.3 Å². The molecule has 0 aliphatic carbocycles. The minimum absolute atomic E-state index is 0.0706. The van der Waals surface area contributed by atoms with Gasteiger partial charge in [-0.3, -0.25) is 10.1 Å². The summed E-state index contributed by atoms with van der Waals surface area (Å²) in [6.07, 6.45) is 0.464. The monoisotopic (exact) mass is 309 g/mol. The van der Waals surface area contributed by atoms with E-state index in [0.717, 1.165) is 12.8 Å². The van der Waals surface area contributed by atoms with Gasteiger partial charge in [0, 0.05) is 32.2 Å². The lowest BCUT2D eigenvalue weighted by molar-refractivity contribution is -0.384. The van der Waals surface area contributed by atoms with Crippen molar-refractivity contribution in [3.63, 3.8) is 0 Å². The Morgan fingerprint density at radius 3 is 2.91 bits per heavy atom. The van der Waals surface area contributed by atoms with E-state index < -0.39 is 11.0 Å². The highest BCUT2D eigenvalue weighted by atomic mass is 16.6. The molecule has 5 N–H and O–H groups in total. The zero-order valence-corrected chi connectivity index (χ0v) is 12.2. The maximum absolute atomic E-state index is 11.3. The molecule has 1 saturated heterocycles. The zero-order valence-electron chi connectivity index (χ0n) is 12.2. The number of nitrogens with zero attached hydrogens (tertiary/aromatic N) is 2. The number of nitro benzene ring substituents is 1. The molecule has 0 saturated carbocycles. The number of nitrogens with two attached hydrogens (primary N) is 1. The number of nitrogen functional groups attached to an aromatic ring is 1. The smallest absolute Gasteiger partial charge is 0.404 e. The second kappa shape index (κ2) is 6.37. The lowest BCUT2D eigenvalue weighted by atomic mass is 10.1. The highest BCUT2D eigenvalue weighted by molar-refractivity contribution is 5.88. The molecule has 120 valence electrons. The summed E-state index contributed by atoms with van der Waals surface area (Å²) in [6.45, 7) is 0.805. The van der Waals surface area contributed by atoms with Crippen LogP contribution in [0, 0.1) is 10.1 Å². The third kappa shape index (κ3) is 2.97. The average Bonchev–Trinajstić information content (AvgIpc) is 2.92. The molecular formula is C13H19N5O4. The molecule has 2 rings (SSSR count). The number of hydrogen-bond donors (Lipinski definition) is 4. The van der Waals surface area contributed by atoms with Gasteiger partial charge in [-0.25, -0.2) is 4.79 Å². The quantitative estimate of drug-likeness (QED) is 0.367. The van der Waals surface area contributed by atoms with Crippen LogP contribution in [0.15, 0.2) is 12.1 Å². The first-order valence-electron chi connectivity index (χ1n) is 6.93. The second-order valence-electron chi connectivity index (χ2n) is 5.08. The molecular weight excluding hydrogens is 290 g/mol. The Hall–Kier alpha value is -2.71. The third-order valence-electron chi connectivity index (χ3n) is 3.82. The number of carbonyl (C=O) groups is 1. The Labute approximate surface area is 127 Å². The predicted octanol–water partition coefficient (Wildman–Crippen LogP) is 1.46. The van der Waals surface area contributed by atoms with E-state index in [9.17, 15) is 14.9 Å². The maximum atomic E-state index is 11.3. The van der Waals surface area contributed by atoms with Crippen LogP contribution < -0.4 is 21.3 Å². The fourth-order valence-electron chi connectivity index (χ4n) is 2.81. The molecule has 9 heteroatoms. The topological polar surface area (TPSA) is 134 Å². The van der Waals surface area contributed by atoms with Crippen LogP contribution >= 0.6 is 0 Å². The van der Waals surface area contributed by atoms with Crippen LogP contribution in [0.3, 0.4) is 0 Å². The van der Waals surface area contributed by atoms with E-state index in [-0.39, 0.29) is 18.3 Å². The summed E-state index contributed by atoms with van der Waals surface area (Å²) < 4.78 is 0. The van der Waals surface area contributed by atoms with Crippen molar-refractivity contribution < 1.29 is 14.8 Å². The minimum Gasteiger partial charge on any atom is -0.465 e. The van der Waals surface area contributed by atoms with Gasteiger partial charge in [-0.2, -0.15) is 0 Å². The first-order chi connectivity index (χ1) is 10.5. The molecule has 1 aromatic carbocycles. The average molecular weight is 309 g/mol. The van der Waals surface area contributed by atoms with Gasteiger partial charge in [0.25, 0.3) is 5.69 Å². The molecule has 1 aliphatic rings. The van der Waals surface area contributed by atoms with Gasteiger partial charge in [0.2, 0.25) is 0 Å². The van der Waals surface area contributed by atoms with Crippen molar-refractivity contribution in [3.8, 4) is 0 Å². The van der Waals surface area contributed by atoms with Gasteiger partial charge in [0.05, 0.1) is 16.3 Å². The van der Waals surface area contributed by atoms with Crippen molar-refractivity contribution in [3.05, 3.63) is 22.2 Å². The molecule has 1 aliphatic heterocycles. The van der Waals surface area contributed by atoms with Crippen LogP contribution in [-0.2, 0) is 0 Å². The SMILES string of the molecule is CNc1ccc([N+](=O)[O-])c(N2CCCC2CNC(=O)O)c1N. The van der Waals surface area contributed by atoms with Crippen molar-refractivity contribution in [1.29, 1.82) is 0 Å². The van der Waals surface area contributed by atoms with Gasteiger partial charge in [0.15, 0.2) is 0 Å². The van der Waals surface area contributed by atoms with Crippen LogP contribution in [0.1, 0.15) is 12.8 Å². The summed E-state index contributed by atoms with van der Waals surface area (Å²) in [6, 6.07) is 2.83. The summed E-state index contributed by atoms with van der Waals surface area (Å²) in [4.78, 5) is 23.3. The standard InChI is InChI=1S/C13H19N5O4/c1-15-9-4-5-10(18(21)22)12(11(9)14)17-6-2-3-8(17)7-16-13(19)20/h4-5,8,15-16H,2-3,6-7,14H2,1H3,(H,19,20). The van der Waals surface area contributed by atoms with Crippen molar-refractivity contribution in [2.75, 3.05) is 36.1 Å². The molecule has 1 unspecified atom stereocenters. The molecule has 1 fully saturated rings. The molecule has 9 nitrogen and oxygen atoms in total. The summed E-state index contributed by atoms with van der Waals surface area (Å²) in [5.41, 5.74) is 7.28. The lowest BCUT2D eigenvalue weighted by Gasteiger charge is -2.28. The molecule has 0 aromatic heterocycles. The van der Waals surface area contributed by atoms with E-state index in [1.165, 1.54) is 6.07 Å². The Morgan fingerprint density at radius 2 is 2.32 bits per heavy atom. The molecule has 0 spiro atoms. The predicted molar refractivity (Wildman–Crippen MR) is 83.5 cm³/mol. The highest BCUT2D eigenvalue weighted by Gasteiger charge is 2.32. The van der Waals surface area contributed by atoms with Gasteiger partial charge in [-0.15, -0.1) is 0 Å². The van der Waals surface area contributed by atoms with E-state index in [2.05, 4.69) is 10.6 Å². The van der Waals surface area contributed by atoms with Crippen LogP contribution in [0.25, 0.3) is 0 Å². The summed E-state index contributed by atoms with van der Waals surface area (Å²) in [5.74, 6) is 0. The number of nitro groups is 1. The van der Waals surface area contributed by atoms with Gasteiger partial charge in [-0.05, 0) is 18.9 Å². The first-order valence-corrected chi connectivity index (χ1v) is 6.93. The second-order valence-corrected chi connectivity index (χ2v) is 5.08. The molecule has 1 atom stereocenters. The fraction of sp³-hybridized carbons (Fsp3) is 0.462. The van der Waals surface area contributed by atoms with Crippen molar-refractivity contribution in [2.24, 2.45) is 0 Å². The van der Waals surface area contributed by atoms with Gasteiger partial charge in [0.1, 0.15) is 5.69 Å². The lowest BCUT2D eigenvalue weighted by Crippen LogP contribution is -2.40. The minimum atomic E-state index is -1.11. The van der Waals surface area contributed by atoms with E-state index >= 15 is 0 Å². The summed E-state index contributed by atoms with van der Waals surface area (Å²) in [5, 5.41) is 25.3.